The van der Waals surface area contributed by atoms with E-state index < -0.39 is 0 Å². The lowest BCUT2D eigenvalue weighted by atomic mass is 10.2. The summed E-state index contributed by atoms with van der Waals surface area (Å²) in [5, 5.41) is 10.7. The smallest absolute Gasteiger partial charge is 0.237 e. The summed E-state index contributed by atoms with van der Waals surface area (Å²) in [6.45, 7) is 5.89. The molecule has 1 aromatic heterocycles. The third-order valence-electron chi connectivity index (χ3n) is 2.79. The fraction of sp³-hybridized carbons (Fsp3) is 0.357. The van der Waals surface area contributed by atoms with Gasteiger partial charge in [0.2, 0.25) is 11.1 Å². The second kappa shape index (κ2) is 6.95. The molecule has 0 aliphatic rings. The fourth-order valence-corrected chi connectivity index (χ4v) is 2.42. The van der Waals surface area contributed by atoms with Gasteiger partial charge in [0, 0.05) is 16.6 Å². The van der Waals surface area contributed by atoms with Crippen molar-refractivity contribution in [1.29, 1.82) is 0 Å². The summed E-state index contributed by atoms with van der Waals surface area (Å²) < 4.78 is 0. The number of anilines is 1. The number of aromatic nitrogens is 3. The van der Waals surface area contributed by atoms with E-state index in [0.717, 1.165) is 11.5 Å². The number of thioether (sulfide) groups is 1. The number of hydrogen-bond acceptors (Lipinski definition) is 4. The number of amides is 1. The number of rotatable bonds is 5. The number of benzene rings is 1. The third kappa shape index (κ3) is 4.47. The van der Waals surface area contributed by atoms with Crippen LogP contribution in [0, 0.1) is 0 Å². The zero-order chi connectivity index (χ0) is 15.4. The lowest BCUT2D eigenvalue weighted by Crippen LogP contribution is -2.22. The van der Waals surface area contributed by atoms with Crippen LogP contribution in [-0.2, 0) is 4.79 Å². The highest BCUT2D eigenvalue weighted by atomic mass is 35.5. The largest absolute Gasteiger partial charge is 0.325 e. The molecule has 1 heterocycles. The van der Waals surface area contributed by atoms with Crippen molar-refractivity contribution in [3.05, 3.63) is 35.1 Å². The first-order chi connectivity index (χ1) is 9.95. The average Bonchev–Trinajstić information content (AvgIpc) is 2.90. The minimum Gasteiger partial charge on any atom is -0.325 e. The summed E-state index contributed by atoms with van der Waals surface area (Å²) >= 11 is 7.13. The molecule has 1 aromatic carbocycles. The summed E-state index contributed by atoms with van der Waals surface area (Å²) in [6, 6.07) is 7.00. The molecule has 2 N–H and O–H groups in total. The highest BCUT2D eigenvalue weighted by Gasteiger charge is 2.17. The SMILES string of the molecule is CC(Sc1n[nH]c(C(C)C)n1)C(=O)Nc1ccc(Cl)cc1. The number of hydrogen-bond donors (Lipinski definition) is 2. The zero-order valence-electron chi connectivity index (χ0n) is 12.1. The van der Waals surface area contributed by atoms with E-state index in [-0.39, 0.29) is 17.1 Å². The van der Waals surface area contributed by atoms with Crippen molar-refractivity contribution in [3.63, 3.8) is 0 Å². The van der Waals surface area contributed by atoms with Gasteiger partial charge in [-0.1, -0.05) is 37.2 Å². The molecule has 0 fully saturated rings. The van der Waals surface area contributed by atoms with Crippen molar-refractivity contribution in [2.45, 2.75) is 37.1 Å². The Balaban J connectivity index is 1.94. The molecular formula is C14H17ClN4OS. The molecule has 5 nitrogen and oxygen atoms in total. The molecule has 1 amide bonds. The predicted octanol–water partition coefficient (Wildman–Crippen LogP) is 3.70. The lowest BCUT2D eigenvalue weighted by Gasteiger charge is -2.10. The molecule has 0 aliphatic heterocycles. The quantitative estimate of drug-likeness (QED) is 0.823. The van der Waals surface area contributed by atoms with Gasteiger partial charge < -0.3 is 5.32 Å². The van der Waals surface area contributed by atoms with Gasteiger partial charge in [0.25, 0.3) is 0 Å². The fourth-order valence-electron chi connectivity index (χ4n) is 1.56. The van der Waals surface area contributed by atoms with Crippen molar-refractivity contribution in [2.24, 2.45) is 0 Å². The predicted molar refractivity (Wildman–Crippen MR) is 85.9 cm³/mol. The van der Waals surface area contributed by atoms with E-state index in [1.807, 2.05) is 20.8 Å². The maximum atomic E-state index is 12.1. The number of nitrogens with zero attached hydrogens (tertiary/aromatic N) is 2. The van der Waals surface area contributed by atoms with Gasteiger partial charge in [-0.2, -0.15) is 0 Å². The third-order valence-corrected chi connectivity index (χ3v) is 4.01. The molecule has 21 heavy (non-hydrogen) atoms. The first kappa shape index (κ1) is 15.9. The molecular weight excluding hydrogens is 308 g/mol. The Morgan fingerprint density at radius 3 is 2.52 bits per heavy atom. The van der Waals surface area contributed by atoms with Gasteiger partial charge in [0.05, 0.1) is 5.25 Å². The lowest BCUT2D eigenvalue weighted by molar-refractivity contribution is -0.115. The van der Waals surface area contributed by atoms with Crippen LogP contribution < -0.4 is 5.32 Å². The molecule has 1 unspecified atom stereocenters. The van der Waals surface area contributed by atoms with Gasteiger partial charge in [-0.15, -0.1) is 5.10 Å². The van der Waals surface area contributed by atoms with Gasteiger partial charge in [-0.25, -0.2) is 4.98 Å². The van der Waals surface area contributed by atoms with Crippen LogP contribution in [0.1, 0.15) is 32.5 Å². The maximum absolute atomic E-state index is 12.1. The number of halogens is 1. The van der Waals surface area contributed by atoms with E-state index in [9.17, 15) is 4.79 Å². The number of carbonyl (C=O) groups excluding carboxylic acids is 1. The van der Waals surface area contributed by atoms with Crippen molar-refractivity contribution in [2.75, 3.05) is 5.32 Å². The topological polar surface area (TPSA) is 70.7 Å². The van der Waals surface area contributed by atoms with Crippen LogP contribution in [0.3, 0.4) is 0 Å². The molecule has 2 rings (SSSR count). The van der Waals surface area contributed by atoms with Gasteiger partial charge in [0.1, 0.15) is 5.82 Å². The van der Waals surface area contributed by atoms with Crippen molar-refractivity contribution >= 4 is 35.0 Å². The molecule has 0 radical (unpaired) electrons. The van der Waals surface area contributed by atoms with E-state index in [4.69, 9.17) is 11.6 Å². The molecule has 1 atom stereocenters. The Morgan fingerprint density at radius 2 is 1.95 bits per heavy atom. The highest BCUT2D eigenvalue weighted by Crippen LogP contribution is 2.22. The van der Waals surface area contributed by atoms with E-state index in [0.29, 0.717) is 10.2 Å². The monoisotopic (exact) mass is 324 g/mol. The minimum atomic E-state index is -0.295. The van der Waals surface area contributed by atoms with Gasteiger partial charge >= 0.3 is 0 Å². The van der Waals surface area contributed by atoms with Crippen molar-refractivity contribution < 1.29 is 4.79 Å². The molecule has 0 saturated carbocycles. The summed E-state index contributed by atoms with van der Waals surface area (Å²) in [5.41, 5.74) is 0.717. The molecule has 0 saturated heterocycles. The van der Waals surface area contributed by atoms with Gasteiger partial charge in [-0.05, 0) is 31.2 Å². The number of carbonyl (C=O) groups is 1. The van der Waals surface area contributed by atoms with Crippen molar-refractivity contribution in [3.8, 4) is 0 Å². The Labute approximate surface area is 132 Å². The second-order valence-electron chi connectivity index (χ2n) is 4.91. The van der Waals surface area contributed by atoms with E-state index in [1.54, 1.807) is 24.3 Å². The number of nitrogens with one attached hydrogen (secondary N) is 2. The van der Waals surface area contributed by atoms with Crippen LogP contribution in [-0.4, -0.2) is 26.3 Å². The Bertz CT molecular complexity index is 612. The molecule has 112 valence electrons. The number of H-pyrrole nitrogens is 1. The molecule has 7 heteroatoms. The zero-order valence-corrected chi connectivity index (χ0v) is 13.6. The minimum absolute atomic E-state index is 0.0989. The Hall–Kier alpha value is -1.53. The first-order valence-electron chi connectivity index (χ1n) is 6.61. The summed E-state index contributed by atoms with van der Waals surface area (Å²) in [6.07, 6.45) is 0. The molecule has 0 aliphatic carbocycles. The molecule has 2 aromatic rings. The Kier molecular flexibility index (Phi) is 5.25. The van der Waals surface area contributed by atoms with Crippen LogP contribution in [0.25, 0.3) is 0 Å². The van der Waals surface area contributed by atoms with Crippen LogP contribution in [0.2, 0.25) is 5.02 Å². The first-order valence-corrected chi connectivity index (χ1v) is 7.87. The van der Waals surface area contributed by atoms with E-state index in [1.165, 1.54) is 11.8 Å². The second-order valence-corrected chi connectivity index (χ2v) is 6.66. The van der Waals surface area contributed by atoms with Crippen molar-refractivity contribution in [1.82, 2.24) is 15.2 Å². The summed E-state index contributed by atoms with van der Waals surface area (Å²) in [5.74, 6) is 1.01. The number of aromatic amines is 1. The molecule has 0 spiro atoms. The van der Waals surface area contributed by atoms with Crippen LogP contribution in [0.4, 0.5) is 5.69 Å². The summed E-state index contributed by atoms with van der Waals surface area (Å²) in [7, 11) is 0. The Morgan fingerprint density at radius 1 is 1.29 bits per heavy atom. The highest BCUT2D eigenvalue weighted by molar-refractivity contribution is 8.00. The van der Waals surface area contributed by atoms with E-state index in [2.05, 4.69) is 20.5 Å². The average molecular weight is 325 g/mol. The normalized spacial score (nSPS) is 12.4. The van der Waals surface area contributed by atoms with Gasteiger partial charge in [0.15, 0.2) is 0 Å². The van der Waals surface area contributed by atoms with Gasteiger partial charge in [-0.3, -0.25) is 9.89 Å². The van der Waals surface area contributed by atoms with Crippen LogP contribution in [0.5, 0.6) is 0 Å². The molecule has 0 bridgehead atoms. The van der Waals surface area contributed by atoms with E-state index >= 15 is 0 Å². The summed E-state index contributed by atoms with van der Waals surface area (Å²) in [4.78, 5) is 16.5. The van der Waals surface area contributed by atoms with Crippen LogP contribution in [0.15, 0.2) is 29.4 Å². The standard InChI is InChI=1S/C14H17ClN4OS/c1-8(2)12-17-14(19-18-12)21-9(3)13(20)16-11-6-4-10(15)5-7-11/h4-9H,1-3H3,(H,16,20)(H,17,18,19). The maximum Gasteiger partial charge on any atom is 0.237 e. The van der Waals surface area contributed by atoms with Crippen LogP contribution >= 0.6 is 23.4 Å².